The van der Waals surface area contributed by atoms with Crippen LogP contribution in [0.15, 0.2) is 16.9 Å². The second-order valence-electron chi connectivity index (χ2n) is 2.57. The van der Waals surface area contributed by atoms with Crippen LogP contribution in [0.4, 0.5) is 10.8 Å². The molecule has 0 saturated carbocycles. The van der Waals surface area contributed by atoms with Gasteiger partial charge < -0.3 is 9.32 Å². The molecule has 1 N–H and O–H groups in total. The normalized spacial score (nSPS) is 16.2. The molecule has 0 aliphatic carbocycles. The topological polar surface area (TPSA) is 58.4 Å². The van der Waals surface area contributed by atoms with Gasteiger partial charge >= 0.3 is 12.0 Å². The van der Waals surface area contributed by atoms with E-state index in [9.17, 15) is 4.79 Å². The molecule has 2 heterocycles. The Balaban J connectivity index is 1.91. The van der Waals surface area contributed by atoms with Gasteiger partial charge in [-0.2, -0.15) is 0 Å². The molecule has 0 aromatic carbocycles. The smallest absolute Gasteiger partial charge is 0.326 e. The second-order valence-corrected chi connectivity index (χ2v) is 3.64. The van der Waals surface area contributed by atoms with Crippen LogP contribution in [-0.4, -0.2) is 34.1 Å². The van der Waals surface area contributed by atoms with E-state index in [1.165, 1.54) is 12.5 Å². The lowest BCUT2D eigenvalue weighted by Gasteiger charge is -2.12. The molecule has 0 spiro atoms. The van der Waals surface area contributed by atoms with Gasteiger partial charge in [0.1, 0.15) is 6.26 Å². The van der Waals surface area contributed by atoms with Crippen LogP contribution in [0.25, 0.3) is 0 Å². The molecule has 1 aliphatic rings. The summed E-state index contributed by atoms with van der Waals surface area (Å²) >= 11 is 1.74. The van der Waals surface area contributed by atoms with Crippen LogP contribution in [0.2, 0.25) is 0 Å². The predicted molar refractivity (Wildman–Crippen MR) is 49.6 cm³/mol. The molecule has 2 rings (SSSR count). The van der Waals surface area contributed by atoms with Crippen molar-refractivity contribution in [3.63, 3.8) is 0 Å². The van der Waals surface area contributed by atoms with E-state index in [1.807, 2.05) is 0 Å². The minimum Gasteiger partial charge on any atom is -0.432 e. The Hall–Kier alpha value is -1.17. The zero-order valence-electron chi connectivity index (χ0n) is 6.90. The summed E-state index contributed by atoms with van der Waals surface area (Å²) in [5, 5.41) is 2.56. The fourth-order valence-electron chi connectivity index (χ4n) is 1.03. The van der Waals surface area contributed by atoms with Crippen molar-refractivity contribution in [3.8, 4) is 0 Å². The molecule has 5 nitrogen and oxygen atoms in total. The quantitative estimate of drug-likeness (QED) is 0.738. The van der Waals surface area contributed by atoms with Crippen LogP contribution in [0.1, 0.15) is 0 Å². The number of amides is 2. The summed E-state index contributed by atoms with van der Waals surface area (Å²) < 4.78 is 4.89. The molecular formula is C7H9N3O2S. The van der Waals surface area contributed by atoms with E-state index in [-0.39, 0.29) is 12.0 Å². The molecule has 6 heteroatoms. The third-order valence-electron chi connectivity index (χ3n) is 1.69. The van der Waals surface area contributed by atoms with Gasteiger partial charge in [-0.15, -0.1) is 11.8 Å². The van der Waals surface area contributed by atoms with Crippen molar-refractivity contribution in [2.75, 3.05) is 23.5 Å². The Morgan fingerprint density at radius 3 is 3.31 bits per heavy atom. The van der Waals surface area contributed by atoms with Crippen LogP contribution in [-0.2, 0) is 0 Å². The number of anilines is 1. The van der Waals surface area contributed by atoms with Gasteiger partial charge in [-0.05, 0) is 0 Å². The predicted octanol–water partition coefficient (Wildman–Crippen LogP) is 1.21. The van der Waals surface area contributed by atoms with Crippen molar-refractivity contribution in [2.24, 2.45) is 0 Å². The summed E-state index contributed by atoms with van der Waals surface area (Å²) in [6, 6.07) is 0.106. The summed E-state index contributed by atoms with van der Waals surface area (Å²) in [7, 11) is 0. The van der Waals surface area contributed by atoms with E-state index >= 15 is 0 Å². The number of hydrogen-bond acceptors (Lipinski definition) is 4. The van der Waals surface area contributed by atoms with E-state index in [4.69, 9.17) is 4.42 Å². The van der Waals surface area contributed by atoms with Crippen LogP contribution in [0.3, 0.4) is 0 Å². The van der Waals surface area contributed by atoms with Crippen molar-refractivity contribution < 1.29 is 9.21 Å². The van der Waals surface area contributed by atoms with Crippen molar-refractivity contribution in [1.29, 1.82) is 0 Å². The first-order valence-electron chi connectivity index (χ1n) is 3.89. The summed E-state index contributed by atoms with van der Waals surface area (Å²) in [6.07, 6.45) is 2.92. The minimum absolute atomic E-state index is 0.146. The largest absolute Gasteiger partial charge is 0.432 e. The number of urea groups is 1. The van der Waals surface area contributed by atoms with Crippen LogP contribution < -0.4 is 5.32 Å². The van der Waals surface area contributed by atoms with Crippen molar-refractivity contribution in [3.05, 3.63) is 12.5 Å². The average molecular weight is 199 g/mol. The van der Waals surface area contributed by atoms with E-state index in [1.54, 1.807) is 16.7 Å². The fourth-order valence-corrected chi connectivity index (χ4v) is 1.98. The molecular weight excluding hydrogens is 190 g/mol. The highest BCUT2D eigenvalue weighted by molar-refractivity contribution is 7.99. The SMILES string of the molecule is O=C(Nc1ncco1)N1CCSC1. The van der Waals surface area contributed by atoms with Gasteiger partial charge in [0.05, 0.1) is 12.1 Å². The van der Waals surface area contributed by atoms with Crippen molar-refractivity contribution in [1.82, 2.24) is 9.88 Å². The zero-order chi connectivity index (χ0) is 9.10. The number of hydrogen-bond donors (Lipinski definition) is 1. The van der Waals surface area contributed by atoms with Crippen LogP contribution in [0.5, 0.6) is 0 Å². The first-order valence-corrected chi connectivity index (χ1v) is 5.05. The Morgan fingerprint density at radius 2 is 2.69 bits per heavy atom. The van der Waals surface area contributed by atoms with E-state index in [2.05, 4.69) is 10.3 Å². The second kappa shape index (κ2) is 3.69. The molecule has 0 unspecified atom stereocenters. The number of aromatic nitrogens is 1. The lowest BCUT2D eigenvalue weighted by molar-refractivity contribution is 0.224. The minimum atomic E-state index is -0.146. The molecule has 1 aliphatic heterocycles. The van der Waals surface area contributed by atoms with Crippen LogP contribution >= 0.6 is 11.8 Å². The lowest BCUT2D eigenvalue weighted by Crippen LogP contribution is -2.32. The maximum atomic E-state index is 11.4. The van der Waals surface area contributed by atoms with Gasteiger partial charge in [0.25, 0.3) is 0 Å². The van der Waals surface area contributed by atoms with E-state index < -0.39 is 0 Å². The van der Waals surface area contributed by atoms with Gasteiger partial charge in [0.2, 0.25) is 0 Å². The van der Waals surface area contributed by atoms with Gasteiger partial charge in [-0.1, -0.05) is 0 Å². The number of nitrogens with zero attached hydrogens (tertiary/aromatic N) is 2. The Bertz CT molecular complexity index is 282. The Morgan fingerprint density at radius 1 is 1.77 bits per heavy atom. The van der Waals surface area contributed by atoms with Gasteiger partial charge in [0.15, 0.2) is 0 Å². The highest BCUT2D eigenvalue weighted by Gasteiger charge is 2.18. The van der Waals surface area contributed by atoms with Crippen molar-refractivity contribution >= 4 is 23.8 Å². The number of thioether (sulfide) groups is 1. The van der Waals surface area contributed by atoms with Crippen molar-refractivity contribution in [2.45, 2.75) is 0 Å². The van der Waals surface area contributed by atoms with E-state index in [0.29, 0.717) is 0 Å². The average Bonchev–Trinajstić information content (AvgIpc) is 2.74. The zero-order valence-corrected chi connectivity index (χ0v) is 7.71. The fraction of sp³-hybridized carbons (Fsp3) is 0.429. The molecule has 2 amide bonds. The number of rotatable bonds is 1. The Kier molecular flexibility index (Phi) is 2.40. The lowest BCUT2D eigenvalue weighted by atomic mass is 10.6. The van der Waals surface area contributed by atoms with E-state index in [0.717, 1.165) is 18.2 Å². The van der Waals surface area contributed by atoms with Gasteiger partial charge in [0, 0.05) is 12.3 Å². The highest BCUT2D eigenvalue weighted by Crippen LogP contribution is 2.14. The third kappa shape index (κ3) is 1.95. The number of oxazole rings is 1. The van der Waals surface area contributed by atoms with Gasteiger partial charge in [-0.3, -0.25) is 5.32 Å². The molecule has 1 aromatic heterocycles. The summed E-state index contributed by atoms with van der Waals surface area (Å²) in [5.41, 5.74) is 0. The number of nitrogens with one attached hydrogen (secondary N) is 1. The Labute approximate surface area is 79.5 Å². The molecule has 1 saturated heterocycles. The molecule has 0 atom stereocenters. The van der Waals surface area contributed by atoms with Gasteiger partial charge in [-0.25, -0.2) is 9.78 Å². The molecule has 13 heavy (non-hydrogen) atoms. The molecule has 0 bridgehead atoms. The maximum Gasteiger partial charge on any atom is 0.326 e. The third-order valence-corrected chi connectivity index (χ3v) is 2.65. The summed E-state index contributed by atoms with van der Waals surface area (Å²) in [6.45, 7) is 0.789. The molecule has 1 fully saturated rings. The summed E-state index contributed by atoms with van der Waals surface area (Å²) in [5.74, 6) is 1.74. The first-order chi connectivity index (χ1) is 6.36. The monoisotopic (exact) mass is 199 g/mol. The highest BCUT2D eigenvalue weighted by atomic mass is 32.2. The number of carbonyl (C=O) groups excluding carboxylic acids is 1. The van der Waals surface area contributed by atoms with Crippen LogP contribution in [0, 0.1) is 0 Å². The number of carbonyl (C=O) groups is 1. The molecule has 0 radical (unpaired) electrons. The molecule has 70 valence electrons. The molecule has 1 aromatic rings. The standard InChI is InChI=1S/C7H9N3O2S/c11-7(10-2-4-13-5-10)9-6-8-1-3-12-6/h1,3H,2,4-5H2,(H,8,9,11). The maximum absolute atomic E-state index is 11.4. The first kappa shape index (κ1) is 8.43. The summed E-state index contributed by atoms with van der Waals surface area (Å²) in [4.78, 5) is 16.9.